The standard InChI is InChI=1S/C18H23ClN2O2/c1-20-9-10-21(12-14(20)8-11-22)13-15-6-7-18(23-15)16-4-2-3-5-17(16)19/h2-7,14,22H,8-13H2,1H3/t14-/m1/s1. The van der Waals surface area contributed by atoms with Gasteiger partial charge in [-0.1, -0.05) is 23.7 Å². The van der Waals surface area contributed by atoms with Crippen LogP contribution in [0.2, 0.25) is 5.02 Å². The highest BCUT2D eigenvalue weighted by Gasteiger charge is 2.24. The quantitative estimate of drug-likeness (QED) is 0.912. The van der Waals surface area contributed by atoms with Gasteiger partial charge in [-0.25, -0.2) is 0 Å². The normalized spacial score (nSPS) is 20.0. The molecule has 23 heavy (non-hydrogen) atoms. The zero-order chi connectivity index (χ0) is 16.2. The van der Waals surface area contributed by atoms with E-state index in [9.17, 15) is 5.11 Å². The number of furan rings is 1. The molecule has 1 fully saturated rings. The molecule has 0 saturated carbocycles. The van der Waals surface area contributed by atoms with Crippen molar-refractivity contribution in [1.82, 2.24) is 9.80 Å². The lowest BCUT2D eigenvalue weighted by Gasteiger charge is -2.39. The van der Waals surface area contributed by atoms with E-state index in [1.165, 1.54) is 0 Å². The van der Waals surface area contributed by atoms with E-state index in [0.29, 0.717) is 11.1 Å². The van der Waals surface area contributed by atoms with E-state index in [4.69, 9.17) is 16.0 Å². The molecule has 1 N–H and O–H groups in total. The number of aliphatic hydroxyl groups is 1. The van der Waals surface area contributed by atoms with Gasteiger partial charge in [0.15, 0.2) is 0 Å². The number of nitrogens with zero attached hydrogens (tertiary/aromatic N) is 2. The van der Waals surface area contributed by atoms with Crippen molar-refractivity contribution in [2.75, 3.05) is 33.3 Å². The summed E-state index contributed by atoms with van der Waals surface area (Å²) in [6, 6.07) is 12.1. The lowest BCUT2D eigenvalue weighted by atomic mass is 10.1. The van der Waals surface area contributed by atoms with Crippen LogP contribution in [0.5, 0.6) is 0 Å². The van der Waals surface area contributed by atoms with Crippen molar-refractivity contribution >= 4 is 11.6 Å². The van der Waals surface area contributed by atoms with Crippen molar-refractivity contribution in [3.8, 4) is 11.3 Å². The maximum Gasteiger partial charge on any atom is 0.135 e. The predicted molar refractivity (Wildman–Crippen MR) is 92.6 cm³/mol. The molecular formula is C18H23ClN2O2. The Balaban J connectivity index is 1.66. The third kappa shape index (κ3) is 3.96. The Morgan fingerprint density at radius 1 is 1.22 bits per heavy atom. The summed E-state index contributed by atoms with van der Waals surface area (Å²) >= 11 is 6.23. The van der Waals surface area contributed by atoms with Crippen LogP contribution in [0.4, 0.5) is 0 Å². The number of hydrogen-bond acceptors (Lipinski definition) is 4. The molecule has 0 spiro atoms. The molecule has 1 aromatic heterocycles. The van der Waals surface area contributed by atoms with Gasteiger partial charge in [0.2, 0.25) is 0 Å². The average Bonchev–Trinajstić information content (AvgIpc) is 2.99. The number of piperazine rings is 1. The minimum absolute atomic E-state index is 0.236. The Kier molecular flexibility index (Phi) is 5.38. The Morgan fingerprint density at radius 3 is 2.83 bits per heavy atom. The maximum atomic E-state index is 9.19. The molecule has 1 aromatic carbocycles. The number of likely N-dealkylation sites (N-methyl/N-ethyl adjacent to an activating group) is 1. The fourth-order valence-electron chi connectivity index (χ4n) is 3.10. The maximum absolute atomic E-state index is 9.19. The second-order valence-corrected chi connectivity index (χ2v) is 6.53. The van der Waals surface area contributed by atoms with E-state index in [0.717, 1.165) is 49.7 Å². The molecule has 2 aromatic rings. The average molecular weight is 335 g/mol. The second kappa shape index (κ2) is 7.49. The van der Waals surface area contributed by atoms with E-state index in [2.05, 4.69) is 16.8 Å². The van der Waals surface area contributed by atoms with Crippen molar-refractivity contribution < 1.29 is 9.52 Å². The van der Waals surface area contributed by atoms with E-state index in [-0.39, 0.29) is 6.61 Å². The highest BCUT2D eigenvalue weighted by molar-refractivity contribution is 6.33. The van der Waals surface area contributed by atoms with Gasteiger partial charge in [0.05, 0.1) is 11.6 Å². The Bertz CT molecular complexity index is 643. The van der Waals surface area contributed by atoms with Crippen LogP contribution in [-0.4, -0.2) is 54.2 Å². The molecule has 0 radical (unpaired) electrons. The third-order valence-electron chi connectivity index (χ3n) is 4.50. The Morgan fingerprint density at radius 2 is 2.04 bits per heavy atom. The summed E-state index contributed by atoms with van der Waals surface area (Å²) in [5, 5.41) is 9.90. The van der Waals surface area contributed by atoms with Gasteiger partial charge in [-0.2, -0.15) is 0 Å². The summed E-state index contributed by atoms with van der Waals surface area (Å²) in [6.07, 6.45) is 0.816. The van der Waals surface area contributed by atoms with Crippen LogP contribution in [0, 0.1) is 0 Å². The van der Waals surface area contributed by atoms with Crippen LogP contribution in [0.25, 0.3) is 11.3 Å². The molecular weight excluding hydrogens is 312 g/mol. The zero-order valence-corrected chi connectivity index (χ0v) is 14.2. The first kappa shape index (κ1) is 16.5. The first-order chi connectivity index (χ1) is 11.2. The van der Waals surface area contributed by atoms with Gasteiger partial charge in [-0.3, -0.25) is 4.90 Å². The lowest BCUT2D eigenvalue weighted by Crippen LogP contribution is -2.51. The summed E-state index contributed by atoms with van der Waals surface area (Å²) in [6.45, 7) is 4.02. The molecule has 0 aliphatic carbocycles. The van der Waals surface area contributed by atoms with Crippen LogP contribution in [0.3, 0.4) is 0 Å². The summed E-state index contributed by atoms with van der Waals surface area (Å²) in [5.74, 6) is 1.76. The second-order valence-electron chi connectivity index (χ2n) is 6.13. The molecule has 0 bridgehead atoms. The van der Waals surface area contributed by atoms with E-state index in [1.54, 1.807) is 0 Å². The van der Waals surface area contributed by atoms with Crippen molar-refractivity contribution in [1.29, 1.82) is 0 Å². The molecule has 0 amide bonds. The molecule has 0 unspecified atom stereocenters. The molecule has 1 aliphatic heterocycles. The van der Waals surface area contributed by atoms with Crippen LogP contribution < -0.4 is 0 Å². The van der Waals surface area contributed by atoms with Gasteiger partial charge in [0.25, 0.3) is 0 Å². The van der Waals surface area contributed by atoms with Crippen molar-refractivity contribution in [3.63, 3.8) is 0 Å². The Hall–Kier alpha value is -1.33. The Labute approximate surface area is 142 Å². The number of hydrogen-bond donors (Lipinski definition) is 1. The summed E-state index contributed by atoms with van der Waals surface area (Å²) < 4.78 is 5.99. The van der Waals surface area contributed by atoms with Gasteiger partial charge >= 0.3 is 0 Å². The molecule has 2 heterocycles. The van der Waals surface area contributed by atoms with Crippen LogP contribution in [-0.2, 0) is 6.54 Å². The van der Waals surface area contributed by atoms with Gasteiger partial charge in [-0.15, -0.1) is 0 Å². The number of benzene rings is 1. The monoisotopic (exact) mass is 334 g/mol. The van der Waals surface area contributed by atoms with Gasteiger partial charge in [0.1, 0.15) is 11.5 Å². The van der Waals surface area contributed by atoms with E-state index in [1.807, 2.05) is 36.4 Å². The number of aliphatic hydroxyl groups excluding tert-OH is 1. The molecule has 1 aliphatic rings. The molecule has 5 heteroatoms. The van der Waals surface area contributed by atoms with Gasteiger partial charge in [0, 0.05) is 37.8 Å². The molecule has 124 valence electrons. The predicted octanol–water partition coefficient (Wildman–Crippen LogP) is 3.10. The topological polar surface area (TPSA) is 39.9 Å². The minimum atomic E-state index is 0.236. The minimum Gasteiger partial charge on any atom is -0.460 e. The lowest BCUT2D eigenvalue weighted by molar-refractivity contribution is 0.0705. The summed E-state index contributed by atoms with van der Waals surface area (Å²) in [7, 11) is 2.13. The van der Waals surface area contributed by atoms with Crippen LogP contribution >= 0.6 is 11.6 Å². The van der Waals surface area contributed by atoms with Crippen molar-refractivity contribution in [2.45, 2.75) is 19.0 Å². The smallest absolute Gasteiger partial charge is 0.135 e. The first-order valence-electron chi connectivity index (χ1n) is 8.04. The van der Waals surface area contributed by atoms with E-state index < -0.39 is 0 Å². The third-order valence-corrected chi connectivity index (χ3v) is 4.83. The van der Waals surface area contributed by atoms with Crippen LogP contribution in [0.1, 0.15) is 12.2 Å². The highest BCUT2D eigenvalue weighted by atomic mass is 35.5. The molecule has 1 saturated heterocycles. The fourth-order valence-corrected chi connectivity index (χ4v) is 3.33. The zero-order valence-electron chi connectivity index (χ0n) is 13.4. The molecule has 1 atom stereocenters. The largest absolute Gasteiger partial charge is 0.460 e. The SMILES string of the molecule is CN1CCN(Cc2ccc(-c3ccccc3Cl)o2)C[C@H]1CCO. The molecule has 3 rings (SSSR count). The first-order valence-corrected chi connectivity index (χ1v) is 8.42. The van der Waals surface area contributed by atoms with Crippen molar-refractivity contribution in [3.05, 3.63) is 47.2 Å². The summed E-state index contributed by atoms with van der Waals surface area (Å²) in [4.78, 5) is 4.71. The van der Waals surface area contributed by atoms with Gasteiger partial charge < -0.3 is 14.4 Å². The van der Waals surface area contributed by atoms with Crippen LogP contribution in [0.15, 0.2) is 40.8 Å². The van der Waals surface area contributed by atoms with E-state index >= 15 is 0 Å². The summed E-state index contributed by atoms with van der Waals surface area (Å²) in [5.41, 5.74) is 0.928. The number of halogens is 1. The number of rotatable bonds is 5. The fraction of sp³-hybridized carbons (Fsp3) is 0.444. The highest BCUT2D eigenvalue weighted by Crippen LogP contribution is 2.29. The van der Waals surface area contributed by atoms with Gasteiger partial charge in [-0.05, 0) is 37.7 Å². The molecule has 4 nitrogen and oxygen atoms in total. The van der Waals surface area contributed by atoms with Crippen molar-refractivity contribution in [2.24, 2.45) is 0 Å².